The van der Waals surface area contributed by atoms with Crippen molar-refractivity contribution in [1.82, 2.24) is 4.57 Å². The van der Waals surface area contributed by atoms with E-state index in [1.165, 1.54) is 12.8 Å². The Bertz CT molecular complexity index is 266. The molecule has 0 aliphatic heterocycles. The van der Waals surface area contributed by atoms with Crippen LogP contribution >= 0.6 is 40.4 Å². The van der Waals surface area contributed by atoms with Crippen LogP contribution in [0.25, 0.3) is 0 Å². The van der Waals surface area contributed by atoms with Gasteiger partial charge in [0.15, 0.2) is 0 Å². The van der Waals surface area contributed by atoms with E-state index < -0.39 is 9.20 Å². The van der Waals surface area contributed by atoms with Crippen molar-refractivity contribution in [2.75, 3.05) is 0 Å². The molecule has 0 aliphatic rings. The molecule has 0 bridgehead atoms. The summed E-state index contributed by atoms with van der Waals surface area (Å²) in [4.78, 5) is 0. The summed E-state index contributed by atoms with van der Waals surface area (Å²) in [6.07, 6.45) is 8.82. The zero-order valence-electron chi connectivity index (χ0n) is 8.61. The van der Waals surface area contributed by atoms with Crippen LogP contribution in [0.5, 0.6) is 0 Å². The molecule has 15 heavy (non-hydrogen) atoms. The summed E-state index contributed by atoms with van der Waals surface area (Å²) in [6, 6.07) is 0. The monoisotopic (exact) mass is 335 g/mol. The van der Waals surface area contributed by atoms with Gasteiger partial charge >= 0.3 is 49.6 Å². The second-order valence-corrected chi connectivity index (χ2v) is 13.9. The Hall–Kier alpha value is 0.889. The standard InChI is InChI=1S/C8H15N2.4ClH.Fe/c1-3-4-5-10-7-6-9(2)8-10;;;;;/h6-8H,3-5H2,1-2H3;4*1H;/q+1;;;;;+4/p-4. The van der Waals surface area contributed by atoms with Gasteiger partial charge in [-0.25, -0.2) is 9.13 Å². The van der Waals surface area contributed by atoms with Gasteiger partial charge in [0.1, 0.15) is 12.4 Å². The molecule has 0 spiro atoms. The molecular formula is C8H15Cl4FeN2+. The maximum absolute atomic E-state index is 4.95. The van der Waals surface area contributed by atoms with Crippen LogP contribution in [0.3, 0.4) is 0 Å². The number of nitrogens with zero attached hydrogens (tertiary/aromatic N) is 2. The van der Waals surface area contributed by atoms with Crippen LogP contribution in [0.15, 0.2) is 18.7 Å². The van der Waals surface area contributed by atoms with Crippen molar-refractivity contribution in [2.24, 2.45) is 7.05 Å². The van der Waals surface area contributed by atoms with Crippen molar-refractivity contribution in [2.45, 2.75) is 26.3 Å². The van der Waals surface area contributed by atoms with E-state index in [2.05, 4.69) is 34.8 Å². The molecule has 0 aliphatic carbocycles. The summed E-state index contributed by atoms with van der Waals surface area (Å²) in [5, 5.41) is 0. The van der Waals surface area contributed by atoms with Gasteiger partial charge in [0.25, 0.3) is 0 Å². The van der Waals surface area contributed by atoms with E-state index in [0.29, 0.717) is 0 Å². The van der Waals surface area contributed by atoms with Crippen molar-refractivity contribution in [3.8, 4) is 0 Å². The van der Waals surface area contributed by atoms with Crippen molar-refractivity contribution in [1.29, 1.82) is 0 Å². The number of unbranched alkanes of at least 4 members (excludes halogenated alkanes) is 1. The normalized spacial score (nSPS) is 11.9. The molecule has 0 saturated heterocycles. The molecule has 0 saturated carbocycles. The van der Waals surface area contributed by atoms with Crippen LogP contribution < -0.4 is 4.57 Å². The van der Waals surface area contributed by atoms with Crippen LogP contribution in [-0.4, -0.2) is 4.57 Å². The maximum atomic E-state index is 4.95. The zero-order valence-corrected chi connectivity index (χ0v) is 12.7. The third-order valence-corrected chi connectivity index (χ3v) is 1.59. The van der Waals surface area contributed by atoms with E-state index in [4.69, 9.17) is 40.4 Å². The predicted octanol–water partition coefficient (Wildman–Crippen LogP) is 3.87. The van der Waals surface area contributed by atoms with Gasteiger partial charge < -0.3 is 0 Å². The number of halogens is 4. The molecule has 7 heteroatoms. The van der Waals surface area contributed by atoms with Gasteiger partial charge in [0.05, 0.1) is 13.6 Å². The van der Waals surface area contributed by atoms with Gasteiger partial charge in [-0.05, 0) is 6.42 Å². The second-order valence-electron chi connectivity index (χ2n) is 2.97. The first-order valence-corrected chi connectivity index (χ1v) is 10.4. The quantitative estimate of drug-likeness (QED) is 0.585. The molecular weight excluding hydrogens is 322 g/mol. The molecule has 0 amide bonds. The fraction of sp³-hybridized carbons (Fsp3) is 0.625. The van der Waals surface area contributed by atoms with E-state index in [9.17, 15) is 0 Å². The molecule has 1 aromatic rings. The summed E-state index contributed by atoms with van der Waals surface area (Å²) in [7, 11) is 19.2. The Kier molecular flexibility index (Phi) is 8.53. The molecule has 2 nitrogen and oxygen atoms in total. The number of aromatic nitrogens is 2. The minimum absolute atomic E-state index is 1.15. The van der Waals surface area contributed by atoms with Gasteiger partial charge in [-0.15, -0.1) is 0 Å². The van der Waals surface area contributed by atoms with Crippen LogP contribution in [-0.2, 0) is 22.8 Å². The third kappa shape index (κ3) is 12.8. The van der Waals surface area contributed by atoms with Crippen LogP contribution in [0, 0.1) is 0 Å². The van der Waals surface area contributed by atoms with Crippen molar-refractivity contribution in [3.05, 3.63) is 18.7 Å². The van der Waals surface area contributed by atoms with E-state index in [1.807, 2.05) is 7.05 Å². The zero-order chi connectivity index (χ0) is 11.9. The summed E-state index contributed by atoms with van der Waals surface area (Å²) < 4.78 is 4.28. The first-order valence-electron chi connectivity index (χ1n) is 4.37. The average Bonchev–Trinajstić information content (AvgIpc) is 2.45. The van der Waals surface area contributed by atoms with Crippen LogP contribution in [0.2, 0.25) is 0 Å². The molecule has 0 N–H and O–H groups in total. The molecule has 0 fully saturated rings. The fourth-order valence-corrected chi connectivity index (χ4v) is 0.975. The fourth-order valence-electron chi connectivity index (χ4n) is 0.975. The van der Waals surface area contributed by atoms with Gasteiger partial charge in [-0.3, -0.25) is 0 Å². The summed E-state index contributed by atoms with van der Waals surface area (Å²) >= 11 is 0. The van der Waals surface area contributed by atoms with E-state index >= 15 is 0 Å². The number of imidazole rings is 1. The van der Waals surface area contributed by atoms with Crippen molar-refractivity contribution >= 4 is 40.4 Å². The Labute approximate surface area is 110 Å². The molecule has 92 valence electrons. The molecule has 0 aromatic carbocycles. The average molecular weight is 337 g/mol. The SMILES string of the molecule is CCCC[n+]1ccn(C)c1.[Cl][Fe]([Cl])([Cl])[Cl]. The summed E-state index contributed by atoms with van der Waals surface area (Å²) in [5.74, 6) is 0. The molecule has 0 unspecified atom stereocenters. The van der Waals surface area contributed by atoms with Crippen LogP contribution in [0.4, 0.5) is 0 Å². The topological polar surface area (TPSA) is 8.81 Å². The summed E-state index contributed by atoms with van der Waals surface area (Å²) in [6.45, 7) is 3.36. The summed E-state index contributed by atoms with van der Waals surface area (Å²) in [5.41, 5.74) is 0. The van der Waals surface area contributed by atoms with Gasteiger partial charge in [-0.1, -0.05) is 13.3 Å². The molecule has 0 radical (unpaired) electrons. The first-order chi connectivity index (χ1) is 6.83. The van der Waals surface area contributed by atoms with Gasteiger partial charge in [-0.2, -0.15) is 0 Å². The molecule has 1 rings (SSSR count). The third-order valence-electron chi connectivity index (χ3n) is 1.59. The van der Waals surface area contributed by atoms with E-state index in [-0.39, 0.29) is 0 Å². The Morgan fingerprint density at radius 1 is 1.27 bits per heavy atom. The van der Waals surface area contributed by atoms with E-state index in [0.717, 1.165) is 6.54 Å². The molecule has 0 atom stereocenters. The van der Waals surface area contributed by atoms with E-state index in [1.54, 1.807) is 0 Å². The number of aryl methyl sites for hydroxylation is 2. The predicted molar refractivity (Wildman–Crippen MR) is 63.9 cm³/mol. The van der Waals surface area contributed by atoms with Crippen LogP contribution in [0.1, 0.15) is 19.8 Å². The minimum atomic E-state index is -2.61. The number of rotatable bonds is 3. The Morgan fingerprint density at radius 3 is 2.13 bits per heavy atom. The van der Waals surface area contributed by atoms with Crippen molar-refractivity contribution < 1.29 is 13.8 Å². The molecule has 1 heterocycles. The number of hydrogen-bond donors (Lipinski definition) is 0. The Balaban J connectivity index is 0.000000336. The van der Waals surface area contributed by atoms with Gasteiger partial charge in [0.2, 0.25) is 6.33 Å². The number of hydrogen-bond acceptors (Lipinski definition) is 0. The Morgan fingerprint density at radius 2 is 1.80 bits per heavy atom. The van der Waals surface area contributed by atoms with Crippen molar-refractivity contribution in [3.63, 3.8) is 0 Å². The molecule has 1 aromatic heterocycles. The first kappa shape index (κ1) is 15.9. The van der Waals surface area contributed by atoms with Gasteiger partial charge in [0, 0.05) is 0 Å². The second kappa shape index (κ2) is 8.05.